The number of hydrogen-bond donors (Lipinski definition) is 3. The van der Waals surface area contributed by atoms with Crippen molar-refractivity contribution in [3.63, 3.8) is 0 Å². The van der Waals surface area contributed by atoms with E-state index >= 15 is 0 Å². The predicted octanol–water partition coefficient (Wildman–Crippen LogP) is 1.72. The summed E-state index contributed by atoms with van der Waals surface area (Å²) in [4.78, 5) is 21.4. The van der Waals surface area contributed by atoms with E-state index in [0.29, 0.717) is 5.69 Å². The maximum atomic E-state index is 11.0. The number of carbonyl (C=O) groups is 2. The van der Waals surface area contributed by atoms with Gasteiger partial charge in [-0.2, -0.15) is 0 Å². The number of hydrogen-bond acceptors (Lipinski definition) is 3. The average molecular weight is 237 g/mol. The van der Waals surface area contributed by atoms with E-state index < -0.39 is 18.0 Å². The Balaban J connectivity index is 2.70. The first kappa shape index (κ1) is 13.0. The molecule has 0 aliphatic rings. The number of para-hydroxylation sites is 1. The summed E-state index contributed by atoms with van der Waals surface area (Å²) in [5.41, 5.74) is 1.64. The van der Waals surface area contributed by atoms with E-state index in [0.717, 1.165) is 5.56 Å². The zero-order valence-electron chi connectivity index (χ0n) is 9.51. The molecule has 0 aromatic heterocycles. The van der Waals surface area contributed by atoms with E-state index in [4.69, 9.17) is 10.2 Å². The van der Waals surface area contributed by atoms with E-state index in [-0.39, 0.29) is 12.8 Å². The molecule has 1 aromatic rings. The van der Waals surface area contributed by atoms with Gasteiger partial charge in [-0.05, 0) is 25.0 Å². The molecule has 3 N–H and O–H groups in total. The van der Waals surface area contributed by atoms with Gasteiger partial charge in [0, 0.05) is 12.1 Å². The van der Waals surface area contributed by atoms with Crippen molar-refractivity contribution in [1.29, 1.82) is 0 Å². The molecule has 92 valence electrons. The molecule has 0 saturated carbocycles. The number of rotatable bonds is 6. The molecule has 0 bridgehead atoms. The Bertz CT molecular complexity index is 417. The molecule has 1 aromatic carbocycles. The lowest BCUT2D eigenvalue weighted by atomic mass is 10.1. The second kappa shape index (κ2) is 5.89. The summed E-state index contributed by atoms with van der Waals surface area (Å²) in [7, 11) is 0. The smallest absolute Gasteiger partial charge is 0.326 e. The minimum atomic E-state index is -1.05. The monoisotopic (exact) mass is 237 g/mol. The maximum absolute atomic E-state index is 11.0. The molecule has 1 rings (SSSR count). The summed E-state index contributed by atoms with van der Waals surface area (Å²) in [6.45, 7) is 1.86. The van der Waals surface area contributed by atoms with Crippen LogP contribution in [0.3, 0.4) is 0 Å². The van der Waals surface area contributed by atoms with Crippen LogP contribution in [-0.4, -0.2) is 28.2 Å². The Hall–Kier alpha value is -2.04. The normalized spacial score (nSPS) is 11.8. The van der Waals surface area contributed by atoms with Crippen LogP contribution in [0.1, 0.15) is 18.4 Å². The van der Waals surface area contributed by atoms with E-state index in [2.05, 4.69) is 5.32 Å². The molecule has 0 spiro atoms. The lowest BCUT2D eigenvalue weighted by Gasteiger charge is -2.16. The van der Waals surface area contributed by atoms with Crippen LogP contribution in [0.15, 0.2) is 24.3 Å². The zero-order valence-corrected chi connectivity index (χ0v) is 9.51. The molecule has 0 unspecified atom stereocenters. The third kappa shape index (κ3) is 4.14. The van der Waals surface area contributed by atoms with Gasteiger partial charge in [0.2, 0.25) is 0 Å². The summed E-state index contributed by atoms with van der Waals surface area (Å²) in [6.07, 6.45) is -0.116. The zero-order chi connectivity index (χ0) is 12.8. The molecule has 1 atom stereocenters. The molecule has 5 heteroatoms. The van der Waals surface area contributed by atoms with E-state index in [9.17, 15) is 9.59 Å². The summed E-state index contributed by atoms with van der Waals surface area (Å²) in [6, 6.07) is 6.40. The van der Waals surface area contributed by atoms with Gasteiger partial charge in [-0.25, -0.2) is 4.79 Å². The van der Waals surface area contributed by atoms with Gasteiger partial charge in [-0.3, -0.25) is 4.79 Å². The van der Waals surface area contributed by atoms with Crippen molar-refractivity contribution in [2.75, 3.05) is 5.32 Å². The van der Waals surface area contributed by atoms with Crippen molar-refractivity contribution in [2.45, 2.75) is 25.8 Å². The number of anilines is 1. The number of aliphatic carboxylic acids is 2. The molecule has 0 heterocycles. The minimum Gasteiger partial charge on any atom is -0.481 e. The van der Waals surface area contributed by atoms with Crippen LogP contribution in [0.4, 0.5) is 5.69 Å². The van der Waals surface area contributed by atoms with Crippen LogP contribution in [0, 0.1) is 6.92 Å². The Kier molecular flexibility index (Phi) is 4.51. The molecule has 17 heavy (non-hydrogen) atoms. The average Bonchev–Trinajstić information content (AvgIpc) is 2.25. The first-order chi connectivity index (χ1) is 8.00. The van der Waals surface area contributed by atoms with Crippen LogP contribution in [0.5, 0.6) is 0 Å². The highest BCUT2D eigenvalue weighted by atomic mass is 16.4. The van der Waals surface area contributed by atoms with Crippen molar-refractivity contribution in [1.82, 2.24) is 0 Å². The predicted molar refractivity (Wildman–Crippen MR) is 63.1 cm³/mol. The van der Waals surface area contributed by atoms with E-state index in [1.807, 2.05) is 19.1 Å². The SMILES string of the molecule is Cc1ccccc1N[C@@H](CCC(=O)O)C(=O)O. The third-order valence-electron chi connectivity index (χ3n) is 2.42. The van der Waals surface area contributed by atoms with E-state index in [1.54, 1.807) is 12.1 Å². The number of benzene rings is 1. The molecule has 5 nitrogen and oxygen atoms in total. The van der Waals surface area contributed by atoms with Crippen LogP contribution >= 0.6 is 0 Å². The van der Waals surface area contributed by atoms with Gasteiger partial charge < -0.3 is 15.5 Å². The standard InChI is InChI=1S/C12H15NO4/c1-8-4-2-3-5-9(8)13-10(12(16)17)6-7-11(14)15/h2-5,10,13H,6-7H2,1H3,(H,14,15)(H,16,17)/t10-/m0/s1. The van der Waals surface area contributed by atoms with Gasteiger partial charge >= 0.3 is 11.9 Å². The number of carboxylic acid groups (broad SMARTS) is 2. The highest BCUT2D eigenvalue weighted by Crippen LogP contribution is 2.16. The third-order valence-corrected chi connectivity index (χ3v) is 2.42. The Labute approximate surface area is 99.1 Å². The quantitative estimate of drug-likeness (QED) is 0.701. The summed E-state index contributed by atoms with van der Waals surface area (Å²) < 4.78 is 0. The fourth-order valence-corrected chi connectivity index (χ4v) is 1.45. The molecule has 0 fully saturated rings. The van der Waals surface area contributed by atoms with Crippen LogP contribution in [-0.2, 0) is 9.59 Å². The number of aryl methyl sites for hydroxylation is 1. The van der Waals surface area contributed by atoms with Gasteiger partial charge in [0.15, 0.2) is 0 Å². The van der Waals surface area contributed by atoms with Gasteiger partial charge in [-0.15, -0.1) is 0 Å². The van der Waals surface area contributed by atoms with Crippen molar-refractivity contribution in [3.8, 4) is 0 Å². The molecular formula is C12H15NO4. The number of nitrogens with one attached hydrogen (secondary N) is 1. The second-order valence-electron chi connectivity index (χ2n) is 3.78. The Morgan fingerprint density at radius 2 is 1.94 bits per heavy atom. The second-order valence-corrected chi connectivity index (χ2v) is 3.78. The summed E-state index contributed by atoms with van der Waals surface area (Å²) >= 11 is 0. The van der Waals surface area contributed by atoms with Crippen LogP contribution < -0.4 is 5.32 Å². The summed E-state index contributed by atoms with van der Waals surface area (Å²) in [5, 5.41) is 20.4. The van der Waals surface area contributed by atoms with Gasteiger partial charge in [0.1, 0.15) is 6.04 Å². The Morgan fingerprint density at radius 3 is 2.47 bits per heavy atom. The summed E-state index contributed by atoms with van der Waals surface area (Å²) in [5.74, 6) is -2.04. The van der Waals surface area contributed by atoms with Crippen molar-refractivity contribution < 1.29 is 19.8 Å². The maximum Gasteiger partial charge on any atom is 0.326 e. The first-order valence-corrected chi connectivity index (χ1v) is 5.27. The van der Waals surface area contributed by atoms with Gasteiger partial charge in [-0.1, -0.05) is 18.2 Å². The molecule has 0 amide bonds. The minimum absolute atomic E-state index is 0.0546. The molecule has 0 radical (unpaired) electrons. The largest absolute Gasteiger partial charge is 0.481 e. The molecule has 0 aliphatic heterocycles. The first-order valence-electron chi connectivity index (χ1n) is 5.27. The van der Waals surface area contributed by atoms with Crippen molar-refractivity contribution in [3.05, 3.63) is 29.8 Å². The molecular weight excluding hydrogens is 222 g/mol. The lowest BCUT2D eigenvalue weighted by Crippen LogP contribution is -2.30. The fraction of sp³-hybridized carbons (Fsp3) is 0.333. The van der Waals surface area contributed by atoms with E-state index in [1.165, 1.54) is 0 Å². The van der Waals surface area contributed by atoms with Gasteiger partial charge in [0.05, 0.1) is 0 Å². The highest BCUT2D eigenvalue weighted by molar-refractivity contribution is 5.78. The number of carboxylic acids is 2. The fourth-order valence-electron chi connectivity index (χ4n) is 1.45. The molecule has 0 aliphatic carbocycles. The lowest BCUT2D eigenvalue weighted by molar-refractivity contribution is -0.139. The molecule has 0 saturated heterocycles. The van der Waals surface area contributed by atoms with Crippen molar-refractivity contribution >= 4 is 17.6 Å². The van der Waals surface area contributed by atoms with Crippen molar-refractivity contribution in [2.24, 2.45) is 0 Å². The Morgan fingerprint density at radius 1 is 1.29 bits per heavy atom. The van der Waals surface area contributed by atoms with Crippen LogP contribution in [0.2, 0.25) is 0 Å². The van der Waals surface area contributed by atoms with Gasteiger partial charge in [0.25, 0.3) is 0 Å². The topological polar surface area (TPSA) is 86.6 Å². The highest BCUT2D eigenvalue weighted by Gasteiger charge is 2.18. The van der Waals surface area contributed by atoms with Crippen LogP contribution in [0.25, 0.3) is 0 Å².